The molecular weight excluding hydrogens is 319 g/mol. The number of nitrogens with zero attached hydrogens (tertiary/aromatic N) is 1. The molecule has 15 heavy (non-hydrogen) atoms. The lowest BCUT2D eigenvalue weighted by atomic mass is 10.2. The SMILES string of the molecule is NC(=S)N(Cc1cccc(I)c1)C1CC1. The smallest absolute Gasteiger partial charge is 0.166 e. The molecule has 2 nitrogen and oxygen atoms in total. The second-order valence-electron chi connectivity index (χ2n) is 3.83. The van der Waals surface area contributed by atoms with Crippen molar-refractivity contribution in [3.63, 3.8) is 0 Å². The first-order valence-corrected chi connectivity index (χ1v) is 6.46. The second kappa shape index (κ2) is 4.65. The molecule has 0 atom stereocenters. The molecule has 0 unspecified atom stereocenters. The Morgan fingerprint density at radius 2 is 2.27 bits per heavy atom. The van der Waals surface area contributed by atoms with Crippen molar-refractivity contribution in [2.75, 3.05) is 0 Å². The first-order valence-electron chi connectivity index (χ1n) is 4.97. The van der Waals surface area contributed by atoms with E-state index >= 15 is 0 Å². The van der Waals surface area contributed by atoms with Gasteiger partial charge in [0.2, 0.25) is 0 Å². The van der Waals surface area contributed by atoms with Gasteiger partial charge in [-0.05, 0) is 65.3 Å². The number of nitrogens with two attached hydrogens (primary N) is 1. The van der Waals surface area contributed by atoms with Gasteiger partial charge in [-0.1, -0.05) is 12.1 Å². The maximum atomic E-state index is 5.72. The van der Waals surface area contributed by atoms with E-state index in [4.69, 9.17) is 18.0 Å². The lowest BCUT2D eigenvalue weighted by Crippen LogP contribution is -2.36. The standard InChI is InChI=1S/C11H13IN2S/c12-9-3-1-2-8(6-9)7-14(11(13)15)10-4-5-10/h1-3,6,10H,4-5,7H2,(H2,13,15). The summed E-state index contributed by atoms with van der Waals surface area (Å²) < 4.78 is 1.25. The zero-order valence-electron chi connectivity index (χ0n) is 8.32. The summed E-state index contributed by atoms with van der Waals surface area (Å²) in [5.74, 6) is 0. The molecule has 1 aliphatic rings. The quantitative estimate of drug-likeness (QED) is 0.681. The van der Waals surface area contributed by atoms with E-state index in [1.54, 1.807) is 0 Å². The molecule has 0 amide bonds. The van der Waals surface area contributed by atoms with E-state index in [2.05, 4.69) is 51.8 Å². The van der Waals surface area contributed by atoms with Crippen LogP contribution in [-0.4, -0.2) is 16.1 Å². The summed E-state index contributed by atoms with van der Waals surface area (Å²) >= 11 is 7.39. The highest BCUT2D eigenvalue weighted by molar-refractivity contribution is 14.1. The van der Waals surface area contributed by atoms with Crippen molar-refractivity contribution in [2.24, 2.45) is 5.73 Å². The Bertz CT molecular complexity index is 377. The fourth-order valence-electron chi connectivity index (χ4n) is 1.61. The molecule has 0 saturated heterocycles. The first-order chi connectivity index (χ1) is 7.16. The van der Waals surface area contributed by atoms with Gasteiger partial charge in [-0.15, -0.1) is 0 Å². The predicted octanol–water partition coefficient (Wildman–Crippen LogP) is 2.50. The van der Waals surface area contributed by atoms with Gasteiger partial charge < -0.3 is 10.6 Å². The van der Waals surface area contributed by atoms with Gasteiger partial charge in [0.15, 0.2) is 5.11 Å². The monoisotopic (exact) mass is 332 g/mol. The van der Waals surface area contributed by atoms with E-state index in [0.29, 0.717) is 11.2 Å². The topological polar surface area (TPSA) is 29.3 Å². The predicted molar refractivity (Wildman–Crippen MR) is 74.5 cm³/mol. The molecule has 1 saturated carbocycles. The molecule has 2 N–H and O–H groups in total. The molecule has 1 aliphatic carbocycles. The molecule has 1 aromatic rings. The zero-order chi connectivity index (χ0) is 10.8. The molecule has 1 aromatic carbocycles. The third-order valence-corrected chi connectivity index (χ3v) is 3.42. The van der Waals surface area contributed by atoms with Gasteiger partial charge in [0, 0.05) is 16.2 Å². The van der Waals surface area contributed by atoms with Crippen molar-refractivity contribution >= 4 is 39.9 Å². The fraction of sp³-hybridized carbons (Fsp3) is 0.364. The number of rotatable bonds is 3. The van der Waals surface area contributed by atoms with Crippen molar-refractivity contribution in [1.82, 2.24) is 4.90 Å². The van der Waals surface area contributed by atoms with Crippen LogP contribution < -0.4 is 5.73 Å². The van der Waals surface area contributed by atoms with Gasteiger partial charge >= 0.3 is 0 Å². The number of hydrogen-bond donors (Lipinski definition) is 1. The third-order valence-electron chi connectivity index (χ3n) is 2.51. The number of thiocarbonyl (C=S) groups is 1. The van der Waals surface area contributed by atoms with Crippen LogP contribution in [0.5, 0.6) is 0 Å². The summed E-state index contributed by atoms with van der Waals surface area (Å²) in [6.07, 6.45) is 2.45. The van der Waals surface area contributed by atoms with Crippen LogP contribution in [0.2, 0.25) is 0 Å². The Kier molecular flexibility index (Phi) is 3.45. The minimum Gasteiger partial charge on any atom is -0.376 e. The summed E-state index contributed by atoms with van der Waals surface area (Å²) in [5, 5.41) is 0.524. The Labute approximate surface area is 109 Å². The van der Waals surface area contributed by atoms with Crippen LogP contribution in [0.15, 0.2) is 24.3 Å². The van der Waals surface area contributed by atoms with Gasteiger partial charge in [-0.2, -0.15) is 0 Å². The van der Waals surface area contributed by atoms with Crippen LogP contribution in [0.1, 0.15) is 18.4 Å². The molecule has 4 heteroatoms. The number of benzene rings is 1. The highest BCUT2D eigenvalue weighted by atomic mass is 127. The summed E-state index contributed by atoms with van der Waals surface area (Å²) in [6, 6.07) is 9.04. The lowest BCUT2D eigenvalue weighted by molar-refractivity contribution is 0.406. The maximum absolute atomic E-state index is 5.72. The number of hydrogen-bond acceptors (Lipinski definition) is 1. The van der Waals surface area contributed by atoms with Gasteiger partial charge in [0.1, 0.15) is 0 Å². The molecule has 1 fully saturated rings. The van der Waals surface area contributed by atoms with E-state index < -0.39 is 0 Å². The molecule has 0 aliphatic heterocycles. The van der Waals surface area contributed by atoms with Crippen molar-refractivity contribution in [3.05, 3.63) is 33.4 Å². The highest BCUT2D eigenvalue weighted by Crippen LogP contribution is 2.28. The Hall–Kier alpha value is -0.360. The van der Waals surface area contributed by atoms with Gasteiger partial charge in [0.25, 0.3) is 0 Å². The molecule has 80 valence electrons. The minimum absolute atomic E-state index is 0.524. The van der Waals surface area contributed by atoms with E-state index in [0.717, 1.165) is 6.54 Å². The van der Waals surface area contributed by atoms with Crippen molar-refractivity contribution in [3.8, 4) is 0 Å². The molecule has 0 spiro atoms. The van der Waals surface area contributed by atoms with Crippen LogP contribution in [0.25, 0.3) is 0 Å². The zero-order valence-corrected chi connectivity index (χ0v) is 11.3. The molecular formula is C11H13IN2S. The lowest BCUT2D eigenvalue weighted by Gasteiger charge is -2.22. The van der Waals surface area contributed by atoms with Crippen molar-refractivity contribution in [1.29, 1.82) is 0 Å². The number of halogens is 1. The van der Waals surface area contributed by atoms with Crippen molar-refractivity contribution < 1.29 is 0 Å². The molecule has 0 bridgehead atoms. The van der Waals surface area contributed by atoms with Gasteiger partial charge in [0.05, 0.1) is 0 Å². The highest BCUT2D eigenvalue weighted by Gasteiger charge is 2.29. The summed E-state index contributed by atoms with van der Waals surface area (Å²) in [7, 11) is 0. The first kappa shape index (κ1) is 11.1. The maximum Gasteiger partial charge on any atom is 0.166 e. The van der Waals surface area contributed by atoms with Gasteiger partial charge in [-0.25, -0.2) is 0 Å². The summed E-state index contributed by atoms with van der Waals surface area (Å²) in [5.41, 5.74) is 7.00. The van der Waals surface area contributed by atoms with E-state index in [9.17, 15) is 0 Å². The largest absolute Gasteiger partial charge is 0.376 e. The summed E-state index contributed by atoms with van der Waals surface area (Å²) in [4.78, 5) is 2.13. The normalized spacial score (nSPS) is 15.0. The van der Waals surface area contributed by atoms with E-state index in [-0.39, 0.29) is 0 Å². The van der Waals surface area contributed by atoms with Crippen molar-refractivity contribution in [2.45, 2.75) is 25.4 Å². The molecule has 0 heterocycles. The van der Waals surface area contributed by atoms with E-state index in [1.807, 2.05) is 0 Å². The van der Waals surface area contributed by atoms with Crippen LogP contribution in [0, 0.1) is 3.57 Å². The average Bonchev–Trinajstić information content (AvgIpc) is 2.97. The minimum atomic E-state index is 0.524. The Morgan fingerprint density at radius 1 is 1.53 bits per heavy atom. The van der Waals surface area contributed by atoms with E-state index in [1.165, 1.54) is 22.0 Å². The Morgan fingerprint density at radius 3 is 2.80 bits per heavy atom. The average molecular weight is 332 g/mol. The van der Waals surface area contributed by atoms with Gasteiger partial charge in [-0.3, -0.25) is 0 Å². The fourth-order valence-corrected chi connectivity index (χ4v) is 2.43. The molecule has 2 rings (SSSR count). The second-order valence-corrected chi connectivity index (χ2v) is 5.49. The van der Waals surface area contributed by atoms with Crippen LogP contribution in [-0.2, 0) is 6.54 Å². The molecule has 0 radical (unpaired) electrons. The van der Waals surface area contributed by atoms with Crippen LogP contribution >= 0.6 is 34.8 Å². The van der Waals surface area contributed by atoms with Crippen LogP contribution in [0.4, 0.5) is 0 Å². The van der Waals surface area contributed by atoms with Crippen LogP contribution in [0.3, 0.4) is 0 Å². The third kappa shape index (κ3) is 3.04. The summed E-state index contributed by atoms with van der Waals surface area (Å²) in [6.45, 7) is 0.844. The Balaban J connectivity index is 2.08. The molecule has 0 aromatic heterocycles.